The molecule has 0 fully saturated rings. The smallest absolute Gasteiger partial charge is 0.307 e. The van der Waals surface area contributed by atoms with Gasteiger partial charge in [0.1, 0.15) is 5.01 Å². The van der Waals surface area contributed by atoms with E-state index in [9.17, 15) is 9.90 Å². The molecule has 4 rings (SSSR count). The van der Waals surface area contributed by atoms with E-state index in [0.29, 0.717) is 5.57 Å². The maximum atomic E-state index is 11.3. The molecule has 0 atom stereocenters. The molecule has 0 unspecified atom stereocenters. The molecule has 128 valence electrons. The molecule has 26 heavy (non-hydrogen) atoms. The van der Waals surface area contributed by atoms with Crippen LogP contribution in [-0.4, -0.2) is 25.8 Å². The predicted octanol–water partition coefficient (Wildman–Crippen LogP) is 4.50. The second kappa shape index (κ2) is 6.93. The number of aromatic nitrogens is 3. The molecule has 6 heteroatoms. The molecule has 2 heterocycles. The Balaban J connectivity index is 1.72. The Morgan fingerprint density at radius 1 is 1.12 bits per heavy atom. The Morgan fingerprint density at radius 3 is 2.65 bits per heavy atom. The first kappa shape index (κ1) is 16.2. The molecule has 0 bridgehead atoms. The Bertz CT molecular complexity index is 1060. The zero-order valence-corrected chi connectivity index (χ0v) is 14.6. The van der Waals surface area contributed by atoms with Crippen LogP contribution in [0.2, 0.25) is 0 Å². The summed E-state index contributed by atoms with van der Waals surface area (Å²) in [6.07, 6.45) is 5.36. The fourth-order valence-corrected chi connectivity index (χ4v) is 3.67. The van der Waals surface area contributed by atoms with Crippen LogP contribution in [0, 0.1) is 0 Å². The van der Waals surface area contributed by atoms with Gasteiger partial charge in [0, 0.05) is 11.8 Å². The second-order valence-electron chi connectivity index (χ2n) is 5.78. The Morgan fingerprint density at radius 2 is 1.88 bits per heavy atom. The molecule has 0 aliphatic rings. The Kier molecular flexibility index (Phi) is 4.33. The van der Waals surface area contributed by atoms with E-state index in [1.807, 2.05) is 66.9 Å². The van der Waals surface area contributed by atoms with Gasteiger partial charge in [0.05, 0.1) is 28.5 Å². The lowest BCUT2D eigenvalue weighted by Crippen LogP contribution is -1.96. The molecule has 0 saturated heterocycles. The first-order valence-electron chi connectivity index (χ1n) is 8.07. The van der Waals surface area contributed by atoms with Crippen molar-refractivity contribution in [1.29, 1.82) is 0 Å². The van der Waals surface area contributed by atoms with Crippen molar-refractivity contribution in [3.63, 3.8) is 0 Å². The molecule has 0 saturated carbocycles. The summed E-state index contributed by atoms with van der Waals surface area (Å²) in [6.45, 7) is 0. The van der Waals surface area contributed by atoms with E-state index < -0.39 is 5.97 Å². The third-order valence-corrected chi connectivity index (χ3v) is 4.99. The van der Waals surface area contributed by atoms with Gasteiger partial charge >= 0.3 is 5.97 Å². The van der Waals surface area contributed by atoms with Crippen LogP contribution in [0.5, 0.6) is 0 Å². The summed E-state index contributed by atoms with van der Waals surface area (Å²) < 4.78 is 2.81. The standard InChI is InChI=1S/C20H15N3O2S/c24-19(25)11-15(20-22-17-8-4-5-9-18(17)26-20)10-14-12-21-23(13-14)16-6-2-1-3-7-16/h1-10,12-13H,11H2,(H,24,25)/b15-10+. The molecule has 1 N–H and O–H groups in total. The van der Waals surface area contributed by atoms with Crippen molar-refractivity contribution in [1.82, 2.24) is 14.8 Å². The van der Waals surface area contributed by atoms with Crippen LogP contribution < -0.4 is 0 Å². The van der Waals surface area contributed by atoms with E-state index in [0.717, 1.165) is 26.5 Å². The van der Waals surface area contributed by atoms with Gasteiger partial charge in [-0.2, -0.15) is 5.10 Å². The normalized spacial score (nSPS) is 11.8. The number of hydrogen-bond donors (Lipinski definition) is 1. The van der Waals surface area contributed by atoms with E-state index in [2.05, 4.69) is 10.1 Å². The summed E-state index contributed by atoms with van der Waals surface area (Å²) in [5.41, 5.74) is 3.34. The van der Waals surface area contributed by atoms with Crippen molar-refractivity contribution in [3.05, 3.63) is 77.6 Å². The molecule has 0 amide bonds. The first-order chi connectivity index (χ1) is 12.7. The highest BCUT2D eigenvalue weighted by Crippen LogP contribution is 2.30. The fraction of sp³-hybridized carbons (Fsp3) is 0.0500. The number of carboxylic acid groups (broad SMARTS) is 1. The van der Waals surface area contributed by atoms with Gasteiger partial charge in [-0.05, 0) is 35.9 Å². The zero-order chi connectivity index (χ0) is 17.9. The van der Waals surface area contributed by atoms with Gasteiger partial charge in [0.15, 0.2) is 0 Å². The summed E-state index contributed by atoms with van der Waals surface area (Å²) in [4.78, 5) is 15.9. The van der Waals surface area contributed by atoms with E-state index in [4.69, 9.17) is 0 Å². The minimum absolute atomic E-state index is 0.0870. The van der Waals surface area contributed by atoms with Crippen molar-refractivity contribution >= 4 is 39.2 Å². The number of nitrogens with zero attached hydrogens (tertiary/aromatic N) is 3. The fourth-order valence-electron chi connectivity index (χ4n) is 2.70. The number of carboxylic acids is 1. The number of hydrogen-bond acceptors (Lipinski definition) is 4. The number of carbonyl (C=O) groups is 1. The van der Waals surface area contributed by atoms with Gasteiger partial charge in [-0.1, -0.05) is 30.3 Å². The lowest BCUT2D eigenvalue weighted by molar-refractivity contribution is -0.135. The number of thiazole rings is 1. The van der Waals surface area contributed by atoms with Crippen molar-refractivity contribution in [2.75, 3.05) is 0 Å². The minimum Gasteiger partial charge on any atom is -0.481 e. The Labute approximate surface area is 153 Å². The predicted molar refractivity (Wildman–Crippen MR) is 103 cm³/mol. The molecule has 0 spiro atoms. The van der Waals surface area contributed by atoms with Gasteiger partial charge in [0.2, 0.25) is 0 Å². The van der Waals surface area contributed by atoms with Crippen LogP contribution in [-0.2, 0) is 4.79 Å². The van der Waals surface area contributed by atoms with Crippen LogP contribution in [0.25, 0.3) is 27.6 Å². The summed E-state index contributed by atoms with van der Waals surface area (Å²) in [7, 11) is 0. The van der Waals surface area contributed by atoms with Gasteiger partial charge in [-0.3, -0.25) is 4.79 Å². The first-order valence-corrected chi connectivity index (χ1v) is 8.89. The lowest BCUT2D eigenvalue weighted by atomic mass is 10.1. The molecule has 5 nitrogen and oxygen atoms in total. The maximum absolute atomic E-state index is 11.3. The molecular weight excluding hydrogens is 346 g/mol. The van der Waals surface area contributed by atoms with E-state index >= 15 is 0 Å². The molecular formula is C20H15N3O2S. The summed E-state index contributed by atoms with van der Waals surface area (Å²) in [5, 5.41) is 14.4. The number of fused-ring (bicyclic) bond motifs is 1. The lowest BCUT2D eigenvalue weighted by Gasteiger charge is -2.00. The highest BCUT2D eigenvalue weighted by atomic mass is 32.1. The van der Waals surface area contributed by atoms with Crippen LogP contribution in [0.4, 0.5) is 0 Å². The van der Waals surface area contributed by atoms with Gasteiger partial charge in [-0.15, -0.1) is 11.3 Å². The maximum Gasteiger partial charge on any atom is 0.307 e. The molecule has 0 radical (unpaired) electrons. The SMILES string of the molecule is O=C(O)C/C(=C\c1cnn(-c2ccccc2)c1)c1nc2ccccc2s1. The highest BCUT2D eigenvalue weighted by Gasteiger charge is 2.13. The minimum atomic E-state index is -0.883. The number of rotatable bonds is 5. The molecule has 4 aromatic rings. The van der Waals surface area contributed by atoms with Crippen molar-refractivity contribution in [2.45, 2.75) is 6.42 Å². The van der Waals surface area contributed by atoms with Crippen LogP contribution in [0.3, 0.4) is 0 Å². The van der Waals surface area contributed by atoms with Gasteiger partial charge < -0.3 is 5.11 Å². The monoisotopic (exact) mass is 361 g/mol. The summed E-state index contributed by atoms with van der Waals surface area (Å²) >= 11 is 1.50. The van der Waals surface area contributed by atoms with Crippen molar-refractivity contribution in [3.8, 4) is 5.69 Å². The van der Waals surface area contributed by atoms with E-state index in [-0.39, 0.29) is 6.42 Å². The summed E-state index contributed by atoms with van der Waals surface area (Å²) in [5.74, 6) is -0.883. The number of aliphatic carboxylic acids is 1. The van der Waals surface area contributed by atoms with Gasteiger partial charge in [0.25, 0.3) is 0 Å². The molecule has 2 aromatic heterocycles. The summed E-state index contributed by atoms with van der Waals surface area (Å²) in [6, 6.07) is 17.6. The largest absolute Gasteiger partial charge is 0.481 e. The highest BCUT2D eigenvalue weighted by molar-refractivity contribution is 7.19. The van der Waals surface area contributed by atoms with E-state index in [1.54, 1.807) is 10.9 Å². The number of para-hydroxylation sites is 2. The van der Waals surface area contributed by atoms with Crippen molar-refractivity contribution in [2.24, 2.45) is 0 Å². The van der Waals surface area contributed by atoms with Crippen LogP contribution >= 0.6 is 11.3 Å². The van der Waals surface area contributed by atoms with Gasteiger partial charge in [-0.25, -0.2) is 9.67 Å². The zero-order valence-electron chi connectivity index (χ0n) is 13.7. The topological polar surface area (TPSA) is 68.0 Å². The second-order valence-corrected chi connectivity index (χ2v) is 6.81. The van der Waals surface area contributed by atoms with E-state index in [1.165, 1.54) is 11.3 Å². The van der Waals surface area contributed by atoms with Crippen LogP contribution in [0.15, 0.2) is 67.0 Å². The third-order valence-electron chi connectivity index (χ3n) is 3.87. The quantitative estimate of drug-likeness (QED) is 0.568. The average Bonchev–Trinajstić information content (AvgIpc) is 3.28. The average molecular weight is 361 g/mol. The third kappa shape index (κ3) is 3.41. The molecule has 2 aromatic carbocycles. The van der Waals surface area contributed by atoms with Crippen molar-refractivity contribution < 1.29 is 9.90 Å². The number of benzene rings is 2. The molecule has 0 aliphatic heterocycles. The molecule has 0 aliphatic carbocycles. The Hall–Kier alpha value is -3.25. The van der Waals surface area contributed by atoms with Crippen LogP contribution in [0.1, 0.15) is 17.0 Å².